The fourth-order valence-corrected chi connectivity index (χ4v) is 2.26. The number of amides is 1. The lowest BCUT2D eigenvalue weighted by Gasteiger charge is -2.15. The van der Waals surface area contributed by atoms with Gasteiger partial charge in [-0.05, 0) is 50.4 Å². The lowest BCUT2D eigenvalue weighted by Crippen LogP contribution is -2.27. The fourth-order valence-electron chi connectivity index (χ4n) is 2.26. The van der Waals surface area contributed by atoms with Crippen molar-refractivity contribution in [1.29, 1.82) is 0 Å². The molecule has 0 bridgehead atoms. The first-order valence-corrected chi connectivity index (χ1v) is 7.13. The monoisotopic (exact) mass is 278 g/mol. The third-order valence-corrected chi connectivity index (χ3v) is 3.26. The molecule has 1 aliphatic rings. The average Bonchev–Trinajstić information content (AvgIpc) is 2.96. The predicted molar refractivity (Wildman–Crippen MR) is 78.0 cm³/mol. The molecule has 0 aromatic heterocycles. The summed E-state index contributed by atoms with van der Waals surface area (Å²) in [5.74, 6) is 0.583. The van der Waals surface area contributed by atoms with E-state index in [0.29, 0.717) is 31.2 Å². The van der Waals surface area contributed by atoms with Crippen molar-refractivity contribution < 1.29 is 14.3 Å². The van der Waals surface area contributed by atoms with Crippen molar-refractivity contribution in [2.45, 2.75) is 32.3 Å². The number of rotatable bonds is 6. The van der Waals surface area contributed by atoms with Crippen molar-refractivity contribution in [2.75, 3.05) is 25.1 Å². The van der Waals surface area contributed by atoms with E-state index in [4.69, 9.17) is 15.2 Å². The van der Waals surface area contributed by atoms with Crippen LogP contribution in [0, 0.1) is 0 Å². The van der Waals surface area contributed by atoms with Gasteiger partial charge in [-0.1, -0.05) is 6.07 Å². The molecule has 1 fully saturated rings. The molecule has 1 saturated heterocycles. The first kappa shape index (κ1) is 14.8. The van der Waals surface area contributed by atoms with Gasteiger partial charge in [-0.2, -0.15) is 0 Å². The number of nitrogens with one attached hydrogen (secondary N) is 1. The van der Waals surface area contributed by atoms with Crippen molar-refractivity contribution in [3.8, 4) is 5.75 Å². The minimum absolute atomic E-state index is 0.102. The smallest absolute Gasteiger partial charge is 0.253 e. The van der Waals surface area contributed by atoms with Crippen LogP contribution in [0.3, 0.4) is 0 Å². The third-order valence-electron chi connectivity index (χ3n) is 3.26. The van der Waals surface area contributed by atoms with E-state index in [1.54, 1.807) is 0 Å². The molecule has 0 spiro atoms. The number of hydrogen-bond acceptors (Lipinski definition) is 4. The van der Waals surface area contributed by atoms with Crippen molar-refractivity contribution in [2.24, 2.45) is 5.73 Å². The first-order chi connectivity index (χ1) is 9.74. The summed E-state index contributed by atoms with van der Waals surface area (Å²) in [6.45, 7) is 3.72. The summed E-state index contributed by atoms with van der Waals surface area (Å²) in [6.07, 6.45) is 2.17. The van der Waals surface area contributed by atoms with Crippen molar-refractivity contribution in [3.05, 3.63) is 23.8 Å². The van der Waals surface area contributed by atoms with Gasteiger partial charge in [0.05, 0.1) is 12.3 Å². The maximum atomic E-state index is 12.1. The van der Waals surface area contributed by atoms with E-state index in [9.17, 15) is 4.79 Å². The van der Waals surface area contributed by atoms with Gasteiger partial charge in [-0.25, -0.2) is 0 Å². The molecule has 0 radical (unpaired) electrons. The highest BCUT2D eigenvalue weighted by atomic mass is 16.5. The van der Waals surface area contributed by atoms with E-state index in [1.165, 1.54) is 0 Å². The summed E-state index contributed by atoms with van der Waals surface area (Å²) >= 11 is 0. The second-order valence-corrected chi connectivity index (χ2v) is 4.79. The van der Waals surface area contributed by atoms with Gasteiger partial charge in [0.1, 0.15) is 11.9 Å². The number of anilines is 1. The quantitative estimate of drug-likeness (QED) is 0.830. The number of carbonyl (C=O) groups excluding carboxylic acids is 1. The van der Waals surface area contributed by atoms with Gasteiger partial charge in [-0.15, -0.1) is 0 Å². The van der Waals surface area contributed by atoms with Crippen LogP contribution in [-0.2, 0) is 16.0 Å². The Hall–Kier alpha value is -1.59. The van der Waals surface area contributed by atoms with E-state index < -0.39 is 0 Å². The molecule has 1 atom stereocenters. The Bertz CT molecular complexity index is 456. The van der Waals surface area contributed by atoms with E-state index in [0.717, 1.165) is 24.8 Å². The zero-order valence-corrected chi connectivity index (χ0v) is 11.9. The number of benzene rings is 1. The van der Waals surface area contributed by atoms with Crippen LogP contribution in [0.1, 0.15) is 25.3 Å². The van der Waals surface area contributed by atoms with Gasteiger partial charge in [0, 0.05) is 6.61 Å². The summed E-state index contributed by atoms with van der Waals surface area (Å²) in [4.78, 5) is 12.1. The van der Waals surface area contributed by atoms with E-state index in [1.807, 2.05) is 25.1 Å². The number of ether oxygens (including phenoxy) is 2. The molecule has 5 heteroatoms. The standard InChI is InChI=1S/C15H22N2O3/c1-2-19-14-10-11(7-8-16)5-6-12(14)17-15(18)13-4-3-9-20-13/h5-6,10,13H,2-4,7-9,16H2,1H3,(H,17,18). The molecule has 0 aliphatic carbocycles. The molecule has 110 valence electrons. The molecule has 0 saturated carbocycles. The highest BCUT2D eigenvalue weighted by Crippen LogP contribution is 2.27. The van der Waals surface area contributed by atoms with Crippen LogP contribution in [0.25, 0.3) is 0 Å². The minimum Gasteiger partial charge on any atom is -0.492 e. The van der Waals surface area contributed by atoms with Crippen molar-refractivity contribution in [1.82, 2.24) is 0 Å². The van der Waals surface area contributed by atoms with E-state index >= 15 is 0 Å². The van der Waals surface area contributed by atoms with Gasteiger partial charge in [0.15, 0.2) is 0 Å². The zero-order chi connectivity index (χ0) is 14.4. The van der Waals surface area contributed by atoms with Gasteiger partial charge in [0.25, 0.3) is 5.91 Å². The second-order valence-electron chi connectivity index (χ2n) is 4.79. The van der Waals surface area contributed by atoms with Crippen LogP contribution in [0.2, 0.25) is 0 Å². The molecule has 1 aliphatic heterocycles. The van der Waals surface area contributed by atoms with Gasteiger partial charge >= 0.3 is 0 Å². The molecule has 5 nitrogen and oxygen atoms in total. The molecule has 3 N–H and O–H groups in total. The molecule has 1 amide bonds. The Morgan fingerprint density at radius 2 is 2.40 bits per heavy atom. The Balaban J connectivity index is 2.10. The maximum Gasteiger partial charge on any atom is 0.253 e. The molecular formula is C15H22N2O3. The summed E-state index contributed by atoms with van der Waals surface area (Å²) in [5.41, 5.74) is 7.35. The summed E-state index contributed by atoms with van der Waals surface area (Å²) in [7, 11) is 0. The average molecular weight is 278 g/mol. The maximum absolute atomic E-state index is 12.1. The normalized spacial score (nSPS) is 18.0. The van der Waals surface area contributed by atoms with Crippen LogP contribution < -0.4 is 15.8 Å². The Kier molecular flexibility index (Phi) is 5.38. The van der Waals surface area contributed by atoms with Gasteiger partial charge < -0.3 is 20.5 Å². The van der Waals surface area contributed by atoms with Crippen LogP contribution in [0.4, 0.5) is 5.69 Å². The highest BCUT2D eigenvalue weighted by molar-refractivity contribution is 5.95. The van der Waals surface area contributed by atoms with Crippen LogP contribution in [0.5, 0.6) is 5.75 Å². The Morgan fingerprint density at radius 1 is 1.55 bits per heavy atom. The summed E-state index contributed by atoms with van der Waals surface area (Å²) in [5, 5.41) is 2.89. The molecule has 20 heavy (non-hydrogen) atoms. The van der Waals surface area contributed by atoms with Crippen molar-refractivity contribution in [3.63, 3.8) is 0 Å². The van der Waals surface area contributed by atoms with E-state index in [-0.39, 0.29) is 12.0 Å². The molecule has 2 rings (SSSR count). The summed E-state index contributed by atoms with van der Waals surface area (Å²) < 4.78 is 11.0. The molecule has 1 aromatic rings. The number of nitrogens with two attached hydrogens (primary N) is 1. The van der Waals surface area contributed by atoms with E-state index in [2.05, 4.69) is 5.32 Å². The largest absolute Gasteiger partial charge is 0.492 e. The Labute approximate surface area is 119 Å². The van der Waals surface area contributed by atoms with Crippen LogP contribution in [-0.4, -0.2) is 31.8 Å². The molecule has 1 heterocycles. The SMILES string of the molecule is CCOc1cc(CCN)ccc1NC(=O)C1CCCO1. The zero-order valence-electron chi connectivity index (χ0n) is 11.9. The second kappa shape index (κ2) is 7.26. The van der Waals surface area contributed by atoms with Crippen LogP contribution >= 0.6 is 0 Å². The highest BCUT2D eigenvalue weighted by Gasteiger charge is 2.24. The lowest BCUT2D eigenvalue weighted by atomic mass is 10.1. The fraction of sp³-hybridized carbons (Fsp3) is 0.533. The first-order valence-electron chi connectivity index (χ1n) is 7.13. The van der Waals surface area contributed by atoms with Crippen LogP contribution in [0.15, 0.2) is 18.2 Å². The van der Waals surface area contributed by atoms with Gasteiger partial charge in [0.2, 0.25) is 0 Å². The summed E-state index contributed by atoms with van der Waals surface area (Å²) in [6, 6.07) is 5.75. The van der Waals surface area contributed by atoms with Gasteiger partial charge in [-0.3, -0.25) is 4.79 Å². The lowest BCUT2D eigenvalue weighted by molar-refractivity contribution is -0.124. The molecule has 1 unspecified atom stereocenters. The molecular weight excluding hydrogens is 256 g/mol. The minimum atomic E-state index is -0.340. The topological polar surface area (TPSA) is 73.6 Å². The third kappa shape index (κ3) is 3.71. The number of carbonyl (C=O) groups is 1. The number of hydrogen-bond donors (Lipinski definition) is 2. The molecule has 1 aromatic carbocycles. The Morgan fingerprint density at radius 3 is 3.05 bits per heavy atom. The predicted octanol–water partition coefficient (Wildman–Crippen LogP) is 1.70. The van der Waals surface area contributed by atoms with Crippen molar-refractivity contribution >= 4 is 11.6 Å².